The second-order valence-electron chi connectivity index (χ2n) is 3.14. The minimum absolute atomic E-state index is 0.0102. The van der Waals surface area contributed by atoms with E-state index in [1.807, 2.05) is 0 Å². The minimum atomic E-state index is -0.186. The molecule has 1 aliphatic rings. The van der Waals surface area contributed by atoms with Crippen molar-refractivity contribution < 1.29 is 4.79 Å². The number of urea groups is 1. The minimum Gasteiger partial charge on any atom is -0.331 e. The topological polar surface area (TPSA) is 61.6 Å². The van der Waals surface area contributed by atoms with Crippen LogP contribution in [0.2, 0.25) is 0 Å². The number of hydrogen-bond donors (Lipinski definition) is 2. The van der Waals surface area contributed by atoms with Gasteiger partial charge in [0, 0.05) is 33.7 Å². The van der Waals surface area contributed by atoms with Crippen molar-refractivity contribution in [2.45, 2.75) is 6.17 Å². The summed E-state index contributed by atoms with van der Waals surface area (Å²) in [6.45, 7) is 2.20. The average Bonchev–Trinajstić information content (AvgIpc) is 2.04. The maximum atomic E-state index is 11.5. The summed E-state index contributed by atoms with van der Waals surface area (Å²) < 4.78 is 0. The molecule has 1 saturated heterocycles. The summed E-state index contributed by atoms with van der Waals surface area (Å²) in [7, 11) is 3.47. The van der Waals surface area contributed by atoms with Crippen LogP contribution in [0.4, 0.5) is 4.79 Å². The van der Waals surface area contributed by atoms with E-state index in [-0.39, 0.29) is 12.2 Å². The highest BCUT2D eigenvalue weighted by atomic mass is 16.2. The van der Waals surface area contributed by atoms with E-state index in [0.29, 0.717) is 13.1 Å². The fraction of sp³-hybridized carbons (Fsp3) is 0.857. The first-order chi connectivity index (χ1) is 5.63. The highest BCUT2D eigenvalue weighted by Crippen LogP contribution is 2.00. The third kappa shape index (κ3) is 1.86. The molecule has 1 fully saturated rings. The molecule has 1 unspecified atom stereocenters. The summed E-state index contributed by atoms with van der Waals surface area (Å²) in [6.07, 6.45) is -0.186. The van der Waals surface area contributed by atoms with E-state index < -0.39 is 0 Å². The maximum Gasteiger partial charge on any atom is 0.320 e. The Morgan fingerprint density at radius 2 is 2.33 bits per heavy atom. The van der Waals surface area contributed by atoms with E-state index in [2.05, 4.69) is 5.32 Å². The van der Waals surface area contributed by atoms with Crippen LogP contribution >= 0.6 is 0 Å². The molecule has 0 bridgehead atoms. The molecule has 0 radical (unpaired) electrons. The van der Waals surface area contributed by atoms with E-state index in [0.717, 1.165) is 6.54 Å². The summed E-state index contributed by atoms with van der Waals surface area (Å²) in [5.41, 5.74) is 5.73. The van der Waals surface area contributed by atoms with Gasteiger partial charge in [-0.15, -0.1) is 0 Å². The summed E-state index contributed by atoms with van der Waals surface area (Å²) in [5, 5.41) is 3.12. The normalized spacial score (nSPS) is 23.9. The number of carbonyl (C=O) groups is 1. The van der Waals surface area contributed by atoms with Crippen LogP contribution in [0.5, 0.6) is 0 Å². The number of nitrogens with two attached hydrogens (primary N) is 1. The van der Waals surface area contributed by atoms with E-state index in [1.54, 1.807) is 23.9 Å². The van der Waals surface area contributed by atoms with E-state index in [9.17, 15) is 4.79 Å². The fourth-order valence-corrected chi connectivity index (χ4v) is 1.22. The quantitative estimate of drug-likeness (QED) is 0.485. The van der Waals surface area contributed by atoms with E-state index in [1.165, 1.54) is 0 Å². The molecule has 0 aromatic carbocycles. The molecule has 0 aromatic rings. The van der Waals surface area contributed by atoms with Crippen LogP contribution in [0, 0.1) is 0 Å². The summed E-state index contributed by atoms with van der Waals surface area (Å²) >= 11 is 0. The van der Waals surface area contributed by atoms with Gasteiger partial charge in [0.05, 0.1) is 6.17 Å². The number of nitrogens with zero attached hydrogens (tertiary/aromatic N) is 2. The van der Waals surface area contributed by atoms with Crippen molar-refractivity contribution in [2.75, 3.05) is 33.7 Å². The van der Waals surface area contributed by atoms with Gasteiger partial charge in [0.1, 0.15) is 0 Å². The number of hydrogen-bond acceptors (Lipinski definition) is 3. The zero-order chi connectivity index (χ0) is 9.14. The van der Waals surface area contributed by atoms with Gasteiger partial charge in [0.2, 0.25) is 0 Å². The Morgan fingerprint density at radius 3 is 2.83 bits per heavy atom. The number of amides is 2. The molecule has 70 valence electrons. The first kappa shape index (κ1) is 9.28. The molecule has 5 nitrogen and oxygen atoms in total. The van der Waals surface area contributed by atoms with Crippen molar-refractivity contribution in [3.05, 3.63) is 0 Å². The van der Waals surface area contributed by atoms with Crippen LogP contribution in [0.3, 0.4) is 0 Å². The average molecular weight is 172 g/mol. The summed E-state index contributed by atoms with van der Waals surface area (Å²) in [5.74, 6) is 0. The van der Waals surface area contributed by atoms with Crippen molar-refractivity contribution in [2.24, 2.45) is 5.73 Å². The molecule has 5 heteroatoms. The predicted molar refractivity (Wildman–Crippen MR) is 46.6 cm³/mol. The van der Waals surface area contributed by atoms with Crippen molar-refractivity contribution in [1.29, 1.82) is 0 Å². The molecule has 2 amide bonds. The summed E-state index contributed by atoms with van der Waals surface area (Å²) in [6, 6.07) is -0.0102. The first-order valence-corrected chi connectivity index (χ1v) is 4.07. The van der Waals surface area contributed by atoms with Gasteiger partial charge < -0.3 is 20.9 Å². The van der Waals surface area contributed by atoms with Crippen LogP contribution in [0.1, 0.15) is 0 Å². The van der Waals surface area contributed by atoms with Crippen LogP contribution in [0.25, 0.3) is 0 Å². The van der Waals surface area contributed by atoms with Crippen molar-refractivity contribution in [3.63, 3.8) is 0 Å². The summed E-state index contributed by atoms with van der Waals surface area (Å²) in [4.78, 5) is 14.7. The van der Waals surface area contributed by atoms with Crippen molar-refractivity contribution >= 4 is 6.03 Å². The SMILES string of the molecule is CN(C)C(=O)N1CCNCC1N. The molecule has 0 saturated carbocycles. The molecule has 3 N–H and O–H groups in total. The Morgan fingerprint density at radius 1 is 1.67 bits per heavy atom. The molecule has 1 atom stereocenters. The molecule has 0 aromatic heterocycles. The Bertz CT molecular complexity index is 171. The molecule has 0 spiro atoms. The highest BCUT2D eigenvalue weighted by molar-refractivity contribution is 5.74. The second-order valence-corrected chi connectivity index (χ2v) is 3.14. The van der Waals surface area contributed by atoms with Crippen LogP contribution < -0.4 is 11.1 Å². The van der Waals surface area contributed by atoms with Crippen molar-refractivity contribution in [3.8, 4) is 0 Å². The molecule has 1 aliphatic heterocycles. The lowest BCUT2D eigenvalue weighted by Crippen LogP contribution is -2.59. The predicted octanol–water partition coefficient (Wildman–Crippen LogP) is -1.14. The zero-order valence-corrected chi connectivity index (χ0v) is 7.58. The van der Waals surface area contributed by atoms with Crippen LogP contribution in [-0.4, -0.2) is 55.7 Å². The molecule has 0 aliphatic carbocycles. The zero-order valence-electron chi connectivity index (χ0n) is 7.58. The van der Waals surface area contributed by atoms with Gasteiger partial charge in [-0.05, 0) is 0 Å². The fourth-order valence-electron chi connectivity index (χ4n) is 1.22. The van der Waals surface area contributed by atoms with Gasteiger partial charge in [-0.25, -0.2) is 4.79 Å². The largest absolute Gasteiger partial charge is 0.331 e. The molecule has 1 heterocycles. The van der Waals surface area contributed by atoms with Gasteiger partial charge in [0.25, 0.3) is 0 Å². The number of carbonyl (C=O) groups excluding carboxylic acids is 1. The van der Waals surface area contributed by atoms with Crippen molar-refractivity contribution in [1.82, 2.24) is 15.1 Å². The van der Waals surface area contributed by atoms with E-state index >= 15 is 0 Å². The number of nitrogens with one attached hydrogen (secondary N) is 1. The third-order valence-corrected chi connectivity index (χ3v) is 1.91. The second kappa shape index (κ2) is 3.73. The van der Waals surface area contributed by atoms with Gasteiger partial charge in [-0.1, -0.05) is 0 Å². The van der Waals surface area contributed by atoms with E-state index in [4.69, 9.17) is 5.73 Å². The van der Waals surface area contributed by atoms with Gasteiger partial charge in [-0.2, -0.15) is 0 Å². The Hall–Kier alpha value is -0.810. The molecule has 12 heavy (non-hydrogen) atoms. The lowest BCUT2D eigenvalue weighted by Gasteiger charge is -2.35. The Labute approximate surface area is 72.5 Å². The molecular formula is C7H16N4O. The van der Waals surface area contributed by atoms with Gasteiger partial charge in [0.15, 0.2) is 0 Å². The maximum absolute atomic E-state index is 11.5. The van der Waals surface area contributed by atoms with Crippen LogP contribution in [0.15, 0.2) is 0 Å². The Balaban J connectivity index is 2.53. The lowest BCUT2D eigenvalue weighted by molar-refractivity contribution is 0.137. The Kier molecular flexibility index (Phi) is 2.88. The standard InChI is InChI=1S/C7H16N4O/c1-10(2)7(12)11-4-3-9-5-6(11)8/h6,9H,3-5,8H2,1-2H3. The van der Waals surface area contributed by atoms with Crippen LogP contribution in [-0.2, 0) is 0 Å². The molecular weight excluding hydrogens is 156 g/mol. The number of piperazine rings is 1. The smallest absolute Gasteiger partial charge is 0.320 e. The number of rotatable bonds is 0. The highest BCUT2D eigenvalue weighted by Gasteiger charge is 2.24. The lowest BCUT2D eigenvalue weighted by atomic mass is 10.3. The molecule has 1 rings (SSSR count). The van der Waals surface area contributed by atoms with Gasteiger partial charge >= 0.3 is 6.03 Å². The monoisotopic (exact) mass is 172 g/mol. The first-order valence-electron chi connectivity index (χ1n) is 4.07. The van der Waals surface area contributed by atoms with Gasteiger partial charge in [-0.3, -0.25) is 0 Å². The third-order valence-electron chi connectivity index (χ3n) is 1.91.